The topological polar surface area (TPSA) is 172 Å². The highest BCUT2D eigenvalue weighted by atomic mass is 35.5. The molecule has 0 radical (unpaired) electrons. The van der Waals surface area contributed by atoms with Gasteiger partial charge in [0.2, 0.25) is 23.1 Å². The number of ether oxygens (including phenoxy) is 4. The van der Waals surface area contributed by atoms with Crippen molar-refractivity contribution >= 4 is 40.9 Å². The van der Waals surface area contributed by atoms with Crippen LogP contribution in [-0.4, -0.2) is 54.4 Å². The molecular weight excluding hydrogens is 568 g/mol. The number of carbonyl (C=O) groups excluding carboxylic acids is 3. The van der Waals surface area contributed by atoms with Crippen molar-refractivity contribution < 1.29 is 33.3 Å². The number of benzene rings is 2. The van der Waals surface area contributed by atoms with Crippen LogP contribution in [-0.2, 0) is 9.53 Å². The van der Waals surface area contributed by atoms with E-state index in [2.05, 4.69) is 15.3 Å². The minimum absolute atomic E-state index is 0.0162. The minimum Gasteiger partial charge on any atom is -0.496 e. The van der Waals surface area contributed by atoms with Crippen LogP contribution < -0.4 is 30.8 Å². The first-order valence-electron chi connectivity index (χ1n) is 12.9. The van der Waals surface area contributed by atoms with Crippen LogP contribution in [0.1, 0.15) is 51.1 Å². The number of Topliss-reactive ketones (excluding diaryl/α,β-unsaturated/α-hetero) is 2. The van der Waals surface area contributed by atoms with E-state index in [-0.39, 0.29) is 62.7 Å². The molecule has 1 spiro atoms. The normalized spacial score (nSPS) is 22.1. The molecule has 6 rings (SSSR count). The third kappa shape index (κ3) is 3.64. The average molecular weight is 593 g/mol. The number of nitrogens with one attached hydrogen (secondary N) is 2. The zero-order valence-electron chi connectivity index (χ0n) is 22.9. The summed E-state index contributed by atoms with van der Waals surface area (Å²) in [7, 11) is 4.06. The lowest BCUT2D eigenvalue weighted by Gasteiger charge is -2.42. The molecule has 2 aliphatic heterocycles. The maximum absolute atomic E-state index is 14.7. The number of esters is 1. The number of methoxy groups -OCH3 is 3. The Morgan fingerprint density at radius 3 is 2.43 bits per heavy atom. The van der Waals surface area contributed by atoms with Crippen molar-refractivity contribution in [1.82, 2.24) is 9.97 Å². The number of carbonyl (C=O) groups is 3. The molecule has 4 N–H and O–H groups in total. The first-order valence-corrected chi connectivity index (χ1v) is 13.3. The molecule has 0 saturated carbocycles. The summed E-state index contributed by atoms with van der Waals surface area (Å²) in [6.07, 6.45) is 0.183. The van der Waals surface area contributed by atoms with Crippen LogP contribution in [0.15, 0.2) is 46.4 Å². The number of allylic oxidation sites excluding steroid dienone is 1. The number of hydrogen-bond donors (Lipinski definition) is 3. The fourth-order valence-corrected chi connectivity index (χ4v) is 6.30. The van der Waals surface area contributed by atoms with E-state index < -0.39 is 40.5 Å². The molecule has 42 heavy (non-hydrogen) atoms. The van der Waals surface area contributed by atoms with Crippen molar-refractivity contribution in [2.24, 2.45) is 5.92 Å². The number of hydrogen-bond acceptors (Lipinski definition) is 11. The summed E-state index contributed by atoms with van der Waals surface area (Å²) in [6.45, 7) is 1.72. The van der Waals surface area contributed by atoms with Gasteiger partial charge in [-0.3, -0.25) is 19.4 Å². The first-order chi connectivity index (χ1) is 20.1. The number of aromatic amines is 1. The Kier molecular flexibility index (Phi) is 6.26. The number of rotatable bonds is 4. The largest absolute Gasteiger partial charge is 0.496 e. The molecule has 0 fully saturated rings. The van der Waals surface area contributed by atoms with Gasteiger partial charge in [-0.05, 0) is 24.1 Å². The summed E-state index contributed by atoms with van der Waals surface area (Å²) in [6, 6.07) is 7.74. The lowest BCUT2D eigenvalue weighted by Crippen LogP contribution is -2.58. The second-order valence-corrected chi connectivity index (χ2v) is 10.6. The molecule has 12 nitrogen and oxygen atoms in total. The minimum atomic E-state index is -2.00. The number of fused-ring (bicyclic) bond motifs is 2. The molecule has 1 aliphatic carbocycles. The molecular formula is C29H25ClN4O8. The van der Waals surface area contributed by atoms with Gasteiger partial charge in [-0.2, -0.15) is 4.98 Å². The molecule has 0 bridgehead atoms. The van der Waals surface area contributed by atoms with Gasteiger partial charge < -0.3 is 30.0 Å². The molecule has 1 aromatic heterocycles. The molecule has 3 atom stereocenters. The van der Waals surface area contributed by atoms with Crippen molar-refractivity contribution in [2.45, 2.75) is 24.9 Å². The van der Waals surface area contributed by atoms with E-state index >= 15 is 0 Å². The van der Waals surface area contributed by atoms with Gasteiger partial charge in [0.1, 0.15) is 27.9 Å². The summed E-state index contributed by atoms with van der Waals surface area (Å²) in [5.41, 5.74) is 4.80. The van der Waals surface area contributed by atoms with Crippen LogP contribution in [0.25, 0.3) is 0 Å². The summed E-state index contributed by atoms with van der Waals surface area (Å²) < 4.78 is 21.9. The average Bonchev–Trinajstić information content (AvgIpc) is 3.29. The van der Waals surface area contributed by atoms with Gasteiger partial charge in [0, 0.05) is 29.2 Å². The summed E-state index contributed by atoms with van der Waals surface area (Å²) in [4.78, 5) is 61.2. The van der Waals surface area contributed by atoms with Crippen LogP contribution in [0.4, 0.5) is 11.8 Å². The van der Waals surface area contributed by atoms with E-state index in [0.29, 0.717) is 11.3 Å². The highest BCUT2D eigenvalue weighted by molar-refractivity contribution is 6.36. The van der Waals surface area contributed by atoms with Crippen LogP contribution in [0.2, 0.25) is 5.02 Å². The predicted molar refractivity (Wildman–Crippen MR) is 151 cm³/mol. The molecule has 3 unspecified atom stereocenters. The Hall–Kier alpha value is -4.84. The van der Waals surface area contributed by atoms with E-state index in [1.165, 1.54) is 39.5 Å². The third-order valence-electron chi connectivity index (χ3n) is 8.02. The number of nitrogens with zero attached hydrogens (tertiary/aromatic N) is 1. The van der Waals surface area contributed by atoms with Crippen molar-refractivity contribution in [2.75, 3.05) is 32.4 Å². The highest BCUT2D eigenvalue weighted by Crippen LogP contribution is 2.56. The number of anilines is 2. The molecule has 0 saturated heterocycles. The van der Waals surface area contributed by atoms with Crippen molar-refractivity contribution in [3.63, 3.8) is 0 Å². The Morgan fingerprint density at radius 2 is 1.79 bits per heavy atom. The van der Waals surface area contributed by atoms with E-state index in [0.717, 1.165) is 0 Å². The smallest absolute Gasteiger partial charge is 0.337 e. The lowest BCUT2D eigenvalue weighted by molar-refractivity contribution is -0.130. The number of nitrogen functional groups attached to an aromatic ring is 1. The van der Waals surface area contributed by atoms with Gasteiger partial charge in [0.25, 0.3) is 5.56 Å². The quantitative estimate of drug-likeness (QED) is 0.300. The fraction of sp³-hybridized carbons (Fsp3) is 0.276. The van der Waals surface area contributed by atoms with Crippen molar-refractivity contribution in [3.8, 4) is 17.2 Å². The SMILES string of the molecule is COC(=O)c1ccc(C2C3=C(CC(C)C4(Oc5c(Cl)c(OC)cc(OC)c5C4=O)C3=O)Nc3nc(N)[nH]c(=O)c32)cc1. The molecule has 3 heterocycles. The van der Waals surface area contributed by atoms with Gasteiger partial charge in [0.05, 0.1) is 32.5 Å². The number of H-pyrrole nitrogens is 1. The third-order valence-corrected chi connectivity index (χ3v) is 8.37. The Bertz CT molecular complexity index is 1800. The fourth-order valence-electron chi connectivity index (χ4n) is 6.03. The van der Waals surface area contributed by atoms with E-state index in [1.54, 1.807) is 19.1 Å². The van der Waals surface area contributed by atoms with Crippen LogP contribution in [0.3, 0.4) is 0 Å². The Labute approximate surface area is 243 Å². The Balaban J connectivity index is 1.56. The van der Waals surface area contributed by atoms with Crippen LogP contribution >= 0.6 is 11.6 Å². The summed E-state index contributed by atoms with van der Waals surface area (Å²) in [5.74, 6) is -3.06. The van der Waals surface area contributed by atoms with E-state index in [1.807, 2.05) is 0 Å². The molecule has 13 heteroatoms. The van der Waals surface area contributed by atoms with Crippen molar-refractivity contribution in [1.29, 1.82) is 0 Å². The van der Waals surface area contributed by atoms with E-state index in [9.17, 15) is 19.2 Å². The van der Waals surface area contributed by atoms with Gasteiger partial charge in [-0.25, -0.2) is 4.79 Å². The van der Waals surface area contributed by atoms with Gasteiger partial charge >= 0.3 is 5.97 Å². The number of ketones is 2. The standard InChI is InChI=1S/C29H25ClN4O8/c1-11-9-14-18(23(35)29(11)24(36)19-15(39-2)10-16(40-3)21(30)22(19)42-29)17(12-5-7-13(8-6-12)27(38)41-4)20-25(32-14)33-28(31)34-26(20)37/h5-8,10-11,17H,9H2,1-4H3,(H4,31,32,33,34,37). The van der Waals surface area contributed by atoms with Gasteiger partial charge in [-0.1, -0.05) is 30.7 Å². The monoisotopic (exact) mass is 592 g/mol. The second kappa shape index (κ2) is 9.62. The predicted octanol–water partition coefficient (Wildman–Crippen LogP) is 3.24. The van der Waals surface area contributed by atoms with E-state index in [4.69, 9.17) is 36.3 Å². The second-order valence-electron chi connectivity index (χ2n) is 10.2. The highest BCUT2D eigenvalue weighted by Gasteiger charge is 2.63. The molecule has 0 amide bonds. The number of nitrogens with two attached hydrogens (primary N) is 1. The summed E-state index contributed by atoms with van der Waals surface area (Å²) in [5, 5.41) is 3.13. The molecule has 3 aromatic rings. The molecule has 216 valence electrons. The number of aromatic nitrogens is 2. The maximum atomic E-state index is 14.7. The lowest BCUT2D eigenvalue weighted by atomic mass is 9.66. The first kappa shape index (κ1) is 27.3. The van der Waals surface area contributed by atoms with Gasteiger partial charge in [0.15, 0.2) is 5.75 Å². The zero-order valence-corrected chi connectivity index (χ0v) is 23.7. The Morgan fingerprint density at radius 1 is 1.10 bits per heavy atom. The van der Waals surface area contributed by atoms with Crippen LogP contribution in [0, 0.1) is 5.92 Å². The summed E-state index contributed by atoms with van der Waals surface area (Å²) >= 11 is 6.57. The van der Waals surface area contributed by atoms with Gasteiger partial charge in [-0.15, -0.1) is 0 Å². The van der Waals surface area contributed by atoms with Crippen LogP contribution in [0.5, 0.6) is 17.2 Å². The maximum Gasteiger partial charge on any atom is 0.337 e. The zero-order chi connectivity index (χ0) is 30.1. The molecule has 2 aromatic carbocycles. The molecule has 3 aliphatic rings. The van der Waals surface area contributed by atoms with Crippen molar-refractivity contribution in [3.05, 3.63) is 79.2 Å². The number of halogens is 1.